The summed E-state index contributed by atoms with van der Waals surface area (Å²) in [5, 5.41) is 9.38. The summed E-state index contributed by atoms with van der Waals surface area (Å²) in [6.07, 6.45) is 5.99. The van der Waals surface area contributed by atoms with Crippen molar-refractivity contribution in [2.24, 2.45) is 5.92 Å². The number of hydrogen-bond acceptors (Lipinski definition) is 4. The predicted octanol–water partition coefficient (Wildman–Crippen LogP) is 3.00. The van der Waals surface area contributed by atoms with E-state index in [1.54, 1.807) is 24.3 Å². The Morgan fingerprint density at radius 1 is 1.16 bits per heavy atom. The molecule has 1 heterocycles. The molecular weight excluding hydrogens is 340 g/mol. The van der Waals surface area contributed by atoms with Crippen molar-refractivity contribution in [2.45, 2.75) is 48.2 Å². The lowest BCUT2D eigenvalue weighted by molar-refractivity contribution is -0.130. The first-order valence-electron chi connectivity index (χ1n) is 8.88. The van der Waals surface area contributed by atoms with Crippen molar-refractivity contribution in [1.82, 2.24) is 0 Å². The lowest BCUT2D eigenvalue weighted by Gasteiger charge is -2.13. The van der Waals surface area contributed by atoms with E-state index in [-0.39, 0.29) is 22.7 Å². The van der Waals surface area contributed by atoms with Gasteiger partial charge in [-0.1, -0.05) is 12.1 Å². The Balaban J connectivity index is 1.75. The Bertz CT molecular complexity index is 825. The summed E-state index contributed by atoms with van der Waals surface area (Å²) in [6, 6.07) is 5.07. The van der Waals surface area contributed by atoms with Crippen molar-refractivity contribution < 1.29 is 23.1 Å². The van der Waals surface area contributed by atoms with E-state index in [9.17, 15) is 18.3 Å². The van der Waals surface area contributed by atoms with Gasteiger partial charge in [-0.15, -0.1) is 0 Å². The van der Waals surface area contributed by atoms with E-state index in [2.05, 4.69) is 0 Å². The fourth-order valence-corrected chi connectivity index (χ4v) is 5.38. The van der Waals surface area contributed by atoms with E-state index in [1.165, 1.54) is 0 Å². The average molecular weight is 362 g/mol. The lowest BCUT2D eigenvalue weighted by atomic mass is 9.97. The highest BCUT2D eigenvalue weighted by molar-refractivity contribution is 7.92. The quantitative estimate of drug-likeness (QED) is 0.787. The molecule has 3 fully saturated rings. The average Bonchev–Trinajstić information content (AvgIpc) is 3.49. The summed E-state index contributed by atoms with van der Waals surface area (Å²) in [5.41, 5.74) is 1.64. The number of rotatable bonds is 6. The van der Waals surface area contributed by atoms with Crippen LogP contribution in [-0.4, -0.2) is 38.0 Å². The Hall–Kier alpha value is -1.66. The molecule has 2 saturated carbocycles. The molecule has 0 bridgehead atoms. The highest BCUT2D eigenvalue weighted by Crippen LogP contribution is 2.46. The van der Waals surface area contributed by atoms with Crippen LogP contribution in [-0.2, 0) is 19.4 Å². The number of hydrogen-bond donors (Lipinski definition) is 1. The number of sulfone groups is 1. The molecule has 25 heavy (non-hydrogen) atoms. The summed E-state index contributed by atoms with van der Waals surface area (Å²) >= 11 is 0. The zero-order valence-electron chi connectivity index (χ0n) is 14.0. The van der Waals surface area contributed by atoms with Crippen molar-refractivity contribution >= 4 is 21.4 Å². The number of carboxylic acids is 1. The van der Waals surface area contributed by atoms with Crippen molar-refractivity contribution in [3.8, 4) is 0 Å². The third kappa shape index (κ3) is 3.37. The van der Waals surface area contributed by atoms with Crippen LogP contribution >= 0.6 is 0 Å². The summed E-state index contributed by atoms with van der Waals surface area (Å²) < 4.78 is 30.7. The second kappa shape index (κ2) is 6.25. The maximum Gasteiger partial charge on any atom is 0.335 e. The molecule has 1 unspecified atom stereocenters. The maximum absolute atomic E-state index is 12.7. The van der Waals surface area contributed by atoms with Gasteiger partial charge in [0, 0.05) is 12.5 Å². The van der Waals surface area contributed by atoms with Crippen molar-refractivity contribution in [3.63, 3.8) is 0 Å². The number of carboxylic acid groups (broad SMARTS) is 1. The van der Waals surface area contributed by atoms with Crippen LogP contribution in [0.2, 0.25) is 0 Å². The molecule has 0 aromatic heterocycles. The molecule has 0 amide bonds. The van der Waals surface area contributed by atoms with Crippen molar-refractivity contribution in [2.75, 3.05) is 13.2 Å². The second-order valence-corrected chi connectivity index (χ2v) is 9.48. The maximum atomic E-state index is 12.7. The van der Waals surface area contributed by atoms with Gasteiger partial charge in [-0.2, -0.15) is 0 Å². The molecule has 1 aromatic rings. The third-order valence-corrected chi connectivity index (χ3v) is 7.54. The molecule has 1 aromatic carbocycles. The van der Waals surface area contributed by atoms with Gasteiger partial charge in [-0.05, 0) is 61.3 Å². The minimum Gasteiger partial charge on any atom is -0.478 e. The Morgan fingerprint density at radius 2 is 1.92 bits per heavy atom. The first kappa shape index (κ1) is 16.8. The summed E-state index contributed by atoms with van der Waals surface area (Å²) in [4.78, 5) is 12.2. The van der Waals surface area contributed by atoms with E-state index in [1.807, 2.05) is 0 Å². The molecule has 134 valence electrons. The molecule has 0 radical (unpaired) electrons. The Labute approximate surface area is 147 Å². The molecule has 1 saturated heterocycles. The topological polar surface area (TPSA) is 80.7 Å². The molecule has 3 aliphatic rings. The van der Waals surface area contributed by atoms with E-state index >= 15 is 0 Å². The van der Waals surface area contributed by atoms with Gasteiger partial charge in [-0.3, -0.25) is 0 Å². The van der Waals surface area contributed by atoms with Crippen LogP contribution in [0.5, 0.6) is 0 Å². The normalized spacial score (nSPS) is 24.5. The summed E-state index contributed by atoms with van der Waals surface area (Å²) in [5.74, 6) is -0.634. The SMILES string of the molecule is O=C(O)/C(=C/C1CCOC1)c1ccc(S(=O)(=O)C2CC2)c(C2CC2)c1. The molecule has 6 heteroatoms. The Morgan fingerprint density at radius 3 is 2.48 bits per heavy atom. The predicted molar refractivity (Wildman–Crippen MR) is 93.2 cm³/mol. The summed E-state index contributed by atoms with van der Waals surface area (Å²) in [7, 11) is -3.27. The van der Waals surface area contributed by atoms with E-state index in [0.717, 1.165) is 37.7 Å². The number of carbonyl (C=O) groups is 1. The molecule has 0 spiro atoms. The van der Waals surface area contributed by atoms with Crippen molar-refractivity contribution in [1.29, 1.82) is 0 Å². The van der Waals surface area contributed by atoms with Crippen LogP contribution in [0.3, 0.4) is 0 Å². The van der Waals surface area contributed by atoms with Gasteiger partial charge in [-0.25, -0.2) is 13.2 Å². The van der Waals surface area contributed by atoms with Gasteiger partial charge in [0.25, 0.3) is 0 Å². The van der Waals surface area contributed by atoms with E-state index < -0.39 is 15.8 Å². The standard InChI is InChI=1S/C19H22O5S/c20-19(21)17(9-12-7-8-24-11-12)14-3-6-18(16(10-14)13-1-2-13)25(22,23)15-4-5-15/h3,6,9-10,12-13,15H,1-2,4-5,7-8,11H2,(H,20,21)/b17-9+. The zero-order valence-corrected chi connectivity index (χ0v) is 14.8. The second-order valence-electron chi connectivity index (χ2n) is 7.28. The first-order valence-corrected chi connectivity index (χ1v) is 10.4. The van der Waals surface area contributed by atoms with Crippen LogP contribution < -0.4 is 0 Å². The third-order valence-electron chi connectivity index (χ3n) is 5.21. The molecule has 1 aliphatic heterocycles. The van der Waals surface area contributed by atoms with Crippen LogP contribution in [0.1, 0.15) is 49.1 Å². The molecule has 1 N–H and O–H groups in total. The smallest absolute Gasteiger partial charge is 0.335 e. The largest absolute Gasteiger partial charge is 0.478 e. The zero-order chi connectivity index (χ0) is 17.6. The number of aliphatic carboxylic acids is 1. The van der Waals surface area contributed by atoms with Crippen LogP contribution in [0.15, 0.2) is 29.2 Å². The molecular formula is C19H22O5S. The fraction of sp³-hybridized carbons (Fsp3) is 0.526. The van der Waals surface area contributed by atoms with Gasteiger partial charge in [0.1, 0.15) is 0 Å². The van der Waals surface area contributed by atoms with Gasteiger partial charge in [0.15, 0.2) is 9.84 Å². The van der Waals surface area contributed by atoms with Crippen LogP contribution in [0, 0.1) is 5.92 Å². The van der Waals surface area contributed by atoms with Crippen molar-refractivity contribution in [3.05, 3.63) is 35.4 Å². The monoisotopic (exact) mass is 362 g/mol. The summed E-state index contributed by atoms with van der Waals surface area (Å²) in [6.45, 7) is 1.19. The molecule has 2 aliphatic carbocycles. The minimum absolute atomic E-state index is 0.102. The molecule has 4 rings (SSSR count). The Kier molecular flexibility index (Phi) is 4.20. The lowest BCUT2D eigenvalue weighted by Crippen LogP contribution is -2.11. The fourth-order valence-electron chi connectivity index (χ4n) is 3.46. The number of benzene rings is 1. The van der Waals surface area contributed by atoms with Gasteiger partial charge >= 0.3 is 5.97 Å². The van der Waals surface area contributed by atoms with E-state index in [4.69, 9.17) is 4.74 Å². The van der Waals surface area contributed by atoms with Gasteiger partial charge in [0.2, 0.25) is 0 Å². The van der Waals surface area contributed by atoms with Gasteiger partial charge in [0.05, 0.1) is 22.3 Å². The minimum atomic E-state index is -3.27. The number of ether oxygens (including phenoxy) is 1. The highest BCUT2D eigenvalue weighted by Gasteiger charge is 2.40. The first-order chi connectivity index (χ1) is 12.0. The van der Waals surface area contributed by atoms with Crippen LogP contribution in [0.25, 0.3) is 5.57 Å². The molecule has 1 atom stereocenters. The van der Waals surface area contributed by atoms with Crippen LogP contribution in [0.4, 0.5) is 0 Å². The molecule has 5 nitrogen and oxygen atoms in total. The highest BCUT2D eigenvalue weighted by atomic mass is 32.2. The van der Waals surface area contributed by atoms with E-state index in [0.29, 0.717) is 23.7 Å². The van der Waals surface area contributed by atoms with Gasteiger partial charge < -0.3 is 9.84 Å².